The second-order valence-electron chi connectivity index (χ2n) is 9.25. The molecule has 0 saturated heterocycles. The molecule has 3 N–H and O–H groups in total. The molecule has 34 heavy (non-hydrogen) atoms. The van der Waals surface area contributed by atoms with Crippen molar-refractivity contribution in [2.45, 2.75) is 52.5 Å². The van der Waals surface area contributed by atoms with E-state index >= 15 is 0 Å². The van der Waals surface area contributed by atoms with Gasteiger partial charge < -0.3 is 15.2 Å². The Balaban J connectivity index is 2.31. The van der Waals surface area contributed by atoms with E-state index in [2.05, 4.69) is 10.0 Å². The number of sulfonamides is 1. The van der Waals surface area contributed by atoms with E-state index in [9.17, 15) is 27.9 Å². The summed E-state index contributed by atoms with van der Waals surface area (Å²) < 4.78 is 33.8. The largest absolute Gasteiger partial charge is 0.480 e. The molecule has 0 fully saturated rings. The summed E-state index contributed by atoms with van der Waals surface area (Å²) in [6.45, 7) is 10.0. The Morgan fingerprint density at radius 3 is 2.18 bits per heavy atom. The standard InChI is InChI=1S/C24H30N2O7S/c1-14(2)20(22(28)29)25-21(27)17-9-7-8-10-18(17)26-34(31,32)16-11-12-19(15(3)13-16)33-23(30)24(4,5)6/h7-14,20,26H,1-6H3,(H,25,27)(H,28,29)/t20-/m0/s1. The first kappa shape index (κ1) is 26.8. The van der Waals surface area contributed by atoms with Crippen LogP contribution in [0.2, 0.25) is 0 Å². The number of carbonyl (C=O) groups is 3. The van der Waals surface area contributed by atoms with Crippen molar-refractivity contribution in [1.29, 1.82) is 0 Å². The highest BCUT2D eigenvalue weighted by atomic mass is 32.2. The van der Waals surface area contributed by atoms with Gasteiger partial charge in [0.2, 0.25) is 0 Å². The molecule has 0 unspecified atom stereocenters. The van der Waals surface area contributed by atoms with Crippen LogP contribution in [0.15, 0.2) is 47.4 Å². The molecule has 2 aromatic rings. The van der Waals surface area contributed by atoms with E-state index in [1.54, 1.807) is 53.7 Å². The number of hydrogen-bond donors (Lipinski definition) is 3. The number of esters is 1. The number of benzene rings is 2. The molecule has 0 bridgehead atoms. The summed E-state index contributed by atoms with van der Waals surface area (Å²) in [5.74, 6) is -2.50. The van der Waals surface area contributed by atoms with E-state index in [-0.39, 0.29) is 27.8 Å². The van der Waals surface area contributed by atoms with Gasteiger partial charge in [-0.3, -0.25) is 14.3 Å². The maximum Gasteiger partial charge on any atom is 0.326 e. The number of rotatable bonds is 8. The van der Waals surface area contributed by atoms with Gasteiger partial charge in [0.25, 0.3) is 15.9 Å². The zero-order chi connectivity index (χ0) is 25.8. The Labute approximate surface area is 199 Å². The number of ether oxygens (including phenoxy) is 1. The summed E-state index contributed by atoms with van der Waals surface area (Å²) in [5, 5.41) is 11.8. The first-order valence-corrected chi connectivity index (χ1v) is 12.1. The van der Waals surface area contributed by atoms with E-state index in [1.165, 1.54) is 30.3 Å². The van der Waals surface area contributed by atoms with Crippen LogP contribution < -0.4 is 14.8 Å². The van der Waals surface area contributed by atoms with Crippen molar-refractivity contribution in [3.05, 3.63) is 53.6 Å². The summed E-state index contributed by atoms with van der Waals surface area (Å²) in [7, 11) is -4.11. The third kappa shape index (κ3) is 6.57. The topological polar surface area (TPSA) is 139 Å². The number of hydrogen-bond acceptors (Lipinski definition) is 6. The van der Waals surface area contributed by atoms with Crippen molar-refractivity contribution < 1.29 is 32.6 Å². The molecule has 184 valence electrons. The van der Waals surface area contributed by atoms with Crippen LogP contribution in [0.25, 0.3) is 0 Å². The minimum absolute atomic E-state index is 0.00575. The Morgan fingerprint density at radius 1 is 1.03 bits per heavy atom. The van der Waals surface area contributed by atoms with Gasteiger partial charge >= 0.3 is 11.9 Å². The summed E-state index contributed by atoms with van der Waals surface area (Å²) in [5.41, 5.74) is -0.315. The van der Waals surface area contributed by atoms with Gasteiger partial charge in [0.1, 0.15) is 11.8 Å². The average Bonchev–Trinajstić information content (AvgIpc) is 2.72. The quantitative estimate of drug-likeness (QED) is 0.380. The van der Waals surface area contributed by atoms with E-state index in [4.69, 9.17) is 4.74 Å². The highest BCUT2D eigenvalue weighted by Crippen LogP contribution is 2.27. The smallest absolute Gasteiger partial charge is 0.326 e. The number of amides is 1. The van der Waals surface area contributed by atoms with Crippen LogP contribution >= 0.6 is 0 Å². The fourth-order valence-corrected chi connectivity index (χ4v) is 4.03. The molecule has 0 aliphatic carbocycles. The molecule has 0 radical (unpaired) electrons. The highest BCUT2D eigenvalue weighted by molar-refractivity contribution is 7.92. The first-order chi connectivity index (χ1) is 15.6. The monoisotopic (exact) mass is 490 g/mol. The lowest BCUT2D eigenvalue weighted by Gasteiger charge is -2.19. The number of aliphatic carboxylic acids is 1. The molecule has 0 aliphatic rings. The molecule has 0 aliphatic heterocycles. The molecule has 1 atom stereocenters. The Kier molecular flexibility index (Phi) is 8.09. The SMILES string of the molecule is Cc1cc(S(=O)(=O)Nc2ccccc2C(=O)N[C@H](C(=O)O)C(C)C)ccc1OC(=O)C(C)(C)C. The summed E-state index contributed by atoms with van der Waals surface area (Å²) in [4.78, 5) is 36.2. The molecular weight excluding hydrogens is 460 g/mol. The summed E-state index contributed by atoms with van der Waals surface area (Å²) >= 11 is 0. The van der Waals surface area contributed by atoms with Gasteiger partial charge in [0.15, 0.2) is 0 Å². The Hall–Kier alpha value is -3.40. The second-order valence-corrected chi connectivity index (χ2v) is 10.9. The number of carboxylic acids is 1. The van der Waals surface area contributed by atoms with Gasteiger partial charge in [-0.25, -0.2) is 13.2 Å². The van der Waals surface area contributed by atoms with E-state index in [0.29, 0.717) is 5.56 Å². The van der Waals surface area contributed by atoms with Crippen LogP contribution in [0.5, 0.6) is 5.75 Å². The van der Waals surface area contributed by atoms with E-state index < -0.39 is 39.3 Å². The lowest BCUT2D eigenvalue weighted by molar-refractivity contribution is -0.143. The van der Waals surface area contributed by atoms with Gasteiger partial charge in [0.05, 0.1) is 21.6 Å². The molecule has 0 aromatic heterocycles. The number of aryl methyl sites for hydroxylation is 1. The van der Waals surface area contributed by atoms with E-state index in [1.807, 2.05) is 0 Å². The first-order valence-electron chi connectivity index (χ1n) is 10.6. The minimum atomic E-state index is -4.11. The predicted octanol–water partition coefficient (Wildman–Crippen LogP) is 3.59. The van der Waals surface area contributed by atoms with Crippen LogP contribution in [-0.2, 0) is 19.6 Å². The normalized spacial score (nSPS) is 12.7. The van der Waals surface area contributed by atoms with Crippen molar-refractivity contribution in [2.24, 2.45) is 11.3 Å². The second kappa shape index (κ2) is 10.3. The van der Waals surface area contributed by atoms with Crippen LogP contribution in [0.3, 0.4) is 0 Å². The zero-order valence-electron chi connectivity index (χ0n) is 20.0. The minimum Gasteiger partial charge on any atom is -0.480 e. The molecular formula is C24H30N2O7S. The van der Waals surface area contributed by atoms with Gasteiger partial charge in [-0.1, -0.05) is 26.0 Å². The Morgan fingerprint density at radius 2 is 1.65 bits per heavy atom. The van der Waals surface area contributed by atoms with Crippen molar-refractivity contribution >= 4 is 33.6 Å². The predicted molar refractivity (Wildman–Crippen MR) is 127 cm³/mol. The van der Waals surface area contributed by atoms with Gasteiger partial charge in [-0.2, -0.15) is 0 Å². The summed E-state index contributed by atoms with van der Waals surface area (Å²) in [6.07, 6.45) is 0. The van der Waals surface area contributed by atoms with Gasteiger partial charge in [-0.05, 0) is 69.5 Å². The number of nitrogens with one attached hydrogen (secondary N) is 2. The van der Waals surface area contributed by atoms with Crippen LogP contribution in [0, 0.1) is 18.3 Å². The summed E-state index contributed by atoms with van der Waals surface area (Å²) in [6, 6.07) is 8.80. The third-order valence-electron chi connectivity index (χ3n) is 4.91. The number of anilines is 1. The van der Waals surface area contributed by atoms with E-state index in [0.717, 1.165) is 0 Å². The van der Waals surface area contributed by atoms with Crippen molar-refractivity contribution in [3.63, 3.8) is 0 Å². The molecule has 2 aromatic carbocycles. The van der Waals surface area contributed by atoms with Crippen LogP contribution in [0.1, 0.15) is 50.5 Å². The molecule has 9 nitrogen and oxygen atoms in total. The molecule has 2 rings (SSSR count). The number of carboxylic acid groups (broad SMARTS) is 1. The van der Waals surface area contributed by atoms with Gasteiger partial charge in [0, 0.05) is 0 Å². The zero-order valence-corrected chi connectivity index (χ0v) is 20.8. The lowest BCUT2D eigenvalue weighted by atomic mass is 9.97. The fourth-order valence-electron chi connectivity index (χ4n) is 2.86. The molecule has 0 heterocycles. The van der Waals surface area contributed by atoms with Crippen molar-refractivity contribution in [3.8, 4) is 5.75 Å². The number of para-hydroxylation sites is 1. The van der Waals surface area contributed by atoms with Crippen molar-refractivity contribution in [2.75, 3.05) is 4.72 Å². The molecule has 0 spiro atoms. The molecule has 1 amide bonds. The third-order valence-corrected chi connectivity index (χ3v) is 6.27. The fraction of sp³-hybridized carbons (Fsp3) is 0.375. The molecule has 10 heteroatoms. The van der Waals surface area contributed by atoms with Crippen molar-refractivity contribution in [1.82, 2.24) is 5.32 Å². The Bertz CT molecular complexity index is 1200. The molecule has 0 saturated carbocycles. The van der Waals surface area contributed by atoms with Crippen LogP contribution in [0.4, 0.5) is 5.69 Å². The lowest BCUT2D eigenvalue weighted by Crippen LogP contribution is -2.44. The maximum absolute atomic E-state index is 13.0. The number of carbonyl (C=O) groups excluding carboxylic acids is 2. The maximum atomic E-state index is 13.0. The average molecular weight is 491 g/mol. The highest BCUT2D eigenvalue weighted by Gasteiger charge is 2.27. The van der Waals surface area contributed by atoms with Gasteiger partial charge in [-0.15, -0.1) is 0 Å². The van der Waals surface area contributed by atoms with Crippen LogP contribution in [-0.4, -0.2) is 37.4 Å².